The number of rotatable bonds is 16. The molecule has 0 amide bonds. The first-order valence-electron chi connectivity index (χ1n) is 15.6. The Morgan fingerprint density at radius 1 is 0.892 bits per heavy atom. The smallest absolute Gasteiger partial charge is 0.225 e. The van der Waals surface area contributed by atoms with Crippen molar-refractivity contribution in [2.75, 3.05) is 31.6 Å². The molecule has 1 aromatic heterocycles. The lowest BCUT2D eigenvalue weighted by molar-refractivity contribution is 0.118. The Balaban J connectivity index is 1.97. The Morgan fingerprint density at radius 3 is 2.11 bits per heavy atom. The van der Waals surface area contributed by atoms with Crippen molar-refractivity contribution in [3.05, 3.63) is 18.0 Å². The lowest BCUT2D eigenvalue weighted by Gasteiger charge is -2.49. The second-order valence-electron chi connectivity index (χ2n) is 11.1. The second kappa shape index (κ2) is 17.8. The van der Waals surface area contributed by atoms with E-state index in [0.29, 0.717) is 24.2 Å². The molecule has 0 spiro atoms. The van der Waals surface area contributed by atoms with Crippen LogP contribution in [0.1, 0.15) is 124 Å². The Morgan fingerprint density at radius 2 is 1.57 bits per heavy atom. The minimum absolute atomic E-state index is 0.465. The summed E-state index contributed by atoms with van der Waals surface area (Å²) in [7, 11) is 2.26. The number of anilines is 1. The number of unbranched alkanes of at least 4 members (excludes halogenated alkanes) is 3. The van der Waals surface area contributed by atoms with E-state index in [1.165, 1.54) is 51.4 Å². The van der Waals surface area contributed by atoms with Crippen LogP contribution in [-0.4, -0.2) is 70.6 Å². The van der Waals surface area contributed by atoms with Crippen molar-refractivity contribution in [1.82, 2.24) is 19.8 Å². The summed E-state index contributed by atoms with van der Waals surface area (Å²) in [5.41, 5.74) is 0.927. The molecule has 1 aliphatic heterocycles. The Kier molecular flexibility index (Phi) is 15.2. The van der Waals surface area contributed by atoms with Crippen LogP contribution in [0.15, 0.2) is 12.4 Å². The van der Waals surface area contributed by atoms with Crippen LogP contribution in [-0.2, 0) is 0 Å². The molecule has 1 aromatic rings. The van der Waals surface area contributed by atoms with E-state index in [4.69, 9.17) is 9.97 Å². The summed E-state index contributed by atoms with van der Waals surface area (Å²) >= 11 is 0. The van der Waals surface area contributed by atoms with E-state index in [-0.39, 0.29) is 0 Å². The maximum atomic E-state index is 4.82. The minimum atomic E-state index is 0.465. The van der Waals surface area contributed by atoms with Gasteiger partial charge in [-0.2, -0.15) is 0 Å². The molecule has 1 saturated heterocycles. The highest BCUT2D eigenvalue weighted by Gasteiger charge is 2.36. The van der Waals surface area contributed by atoms with Crippen LogP contribution in [0.4, 0.5) is 5.95 Å². The standard InChI is InChI=1S/C32H57N5/c1-8-14-16-21-29(11-4)36-25-30(12-5)37(31(13-6)26-36)32-33-23-27(24-34-32)20-17-15-18-22-35(7)28(10-3)19-9-2/h23-24,28-31H,8-16,18-19,21-22,25-26H2,1-7H3. The first-order valence-corrected chi connectivity index (χ1v) is 15.6. The van der Waals surface area contributed by atoms with Gasteiger partial charge in [0.25, 0.3) is 0 Å². The highest BCUT2D eigenvalue weighted by Crippen LogP contribution is 2.28. The monoisotopic (exact) mass is 511 g/mol. The molecule has 0 bridgehead atoms. The van der Waals surface area contributed by atoms with Crippen LogP contribution >= 0.6 is 0 Å². The summed E-state index contributed by atoms with van der Waals surface area (Å²) in [6.07, 6.45) is 18.5. The van der Waals surface area contributed by atoms with E-state index < -0.39 is 0 Å². The summed E-state index contributed by atoms with van der Waals surface area (Å²) in [6, 6.07) is 2.34. The maximum absolute atomic E-state index is 4.82. The molecule has 1 aliphatic rings. The molecule has 210 valence electrons. The van der Waals surface area contributed by atoms with Gasteiger partial charge in [0.05, 0.1) is 5.56 Å². The molecule has 4 unspecified atom stereocenters. The number of aromatic nitrogens is 2. The highest BCUT2D eigenvalue weighted by atomic mass is 15.4. The molecular weight excluding hydrogens is 454 g/mol. The highest BCUT2D eigenvalue weighted by molar-refractivity contribution is 5.39. The topological polar surface area (TPSA) is 35.5 Å². The Bertz CT molecular complexity index is 769. The third-order valence-electron chi connectivity index (χ3n) is 8.38. The molecule has 0 aromatic carbocycles. The molecule has 2 rings (SSSR count). The normalized spacial score (nSPS) is 20.1. The molecule has 0 radical (unpaired) electrons. The third kappa shape index (κ3) is 9.88. The van der Waals surface area contributed by atoms with Crippen LogP contribution in [0, 0.1) is 11.8 Å². The molecule has 1 fully saturated rings. The van der Waals surface area contributed by atoms with Crippen molar-refractivity contribution in [3.63, 3.8) is 0 Å². The van der Waals surface area contributed by atoms with Gasteiger partial charge in [-0.3, -0.25) is 4.90 Å². The van der Waals surface area contributed by atoms with Crippen LogP contribution in [0.25, 0.3) is 0 Å². The zero-order valence-electron chi connectivity index (χ0n) is 25.3. The van der Waals surface area contributed by atoms with E-state index >= 15 is 0 Å². The van der Waals surface area contributed by atoms with Crippen molar-refractivity contribution < 1.29 is 0 Å². The summed E-state index contributed by atoms with van der Waals surface area (Å²) in [5, 5.41) is 0. The largest absolute Gasteiger partial charge is 0.332 e. The first kappa shape index (κ1) is 31.6. The second-order valence-corrected chi connectivity index (χ2v) is 11.1. The predicted octanol–water partition coefficient (Wildman–Crippen LogP) is 7.16. The Hall–Kier alpha value is -1.64. The van der Waals surface area contributed by atoms with E-state index in [9.17, 15) is 0 Å². The van der Waals surface area contributed by atoms with E-state index in [1.807, 2.05) is 12.4 Å². The average molecular weight is 512 g/mol. The van der Waals surface area contributed by atoms with Crippen molar-refractivity contribution in [2.24, 2.45) is 0 Å². The van der Waals surface area contributed by atoms with Crippen molar-refractivity contribution in [2.45, 2.75) is 143 Å². The van der Waals surface area contributed by atoms with Crippen LogP contribution in [0.3, 0.4) is 0 Å². The third-order valence-corrected chi connectivity index (χ3v) is 8.38. The molecule has 37 heavy (non-hydrogen) atoms. The summed E-state index contributed by atoms with van der Waals surface area (Å²) < 4.78 is 0. The number of nitrogens with zero attached hydrogens (tertiary/aromatic N) is 5. The maximum Gasteiger partial charge on any atom is 0.225 e. The van der Waals surface area contributed by atoms with Crippen LogP contribution in [0.2, 0.25) is 0 Å². The molecule has 5 nitrogen and oxygen atoms in total. The fourth-order valence-corrected chi connectivity index (χ4v) is 5.99. The van der Waals surface area contributed by atoms with Gasteiger partial charge in [0.2, 0.25) is 5.95 Å². The molecule has 5 heteroatoms. The molecule has 2 heterocycles. The molecule has 0 aliphatic carbocycles. The lowest BCUT2D eigenvalue weighted by Crippen LogP contribution is -2.61. The van der Waals surface area contributed by atoms with Gasteiger partial charge in [-0.15, -0.1) is 0 Å². The molecular formula is C32H57N5. The Labute approximate surface area is 229 Å². The number of piperazine rings is 1. The van der Waals surface area contributed by atoms with E-state index in [2.05, 4.69) is 75.1 Å². The predicted molar refractivity (Wildman–Crippen MR) is 160 cm³/mol. The fraction of sp³-hybridized carbons (Fsp3) is 0.812. The average Bonchev–Trinajstić information content (AvgIpc) is 2.93. The minimum Gasteiger partial charge on any atom is -0.332 e. The zero-order chi connectivity index (χ0) is 27.0. The molecule has 0 saturated carbocycles. The fourth-order valence-electron chi connectivity index (χ4n) is 5.99. The molecule has 4 atom stereocenters. The quantitative estimate of drug-likeness (QED) is 0.174. The van der Waals surface area contributed by atoms with E-state index in [1.54, 1.807) is 0 Å². The number of hydrogen-bond acceptors (Lipinski definition) is 5. The lowest BCUT2D eigenvalue weighted by atomic mass is 9.97. The van der Waals surface area contributed by atoms with Crippen LogP contribution < -0.4 is 4.90 Å². The van der Waals surface area contributed by atoms with Gasteiger partial charge in [-0.1, -0.05) is 79.1 Å². The zero-order valence-corrected chi connectivity index (χ0v) is 25.3. The van der Waals surface area contributed by atoms with Crippen molar-refractivity contribution in [3.8, 4) is 11.8 Å². The van der Waals surface area contributed by atoms with Gasteiger partial charge in [0.15, 0.2) is 0 Å². The summed E-state index contributed by atoms with van der Waals surface area (Å²) in [6.45, 7) is 17.2. The van der Waals surface area contributed by atoms with Gasteiger partial charge in [0.1, 0.15) is 0 Å². The SMILES string of the molecule is CCCCCC(CC)N1CC(CC)N(c2ncc(C#CCCCN(C)C(CC)CCC)cn2)C(CC)C1. The van der Waals surface area contributed by atoms with Gasteiger partial charge >= 0.3 is 0 Å². The van der Waals surface area contributed by atoms with Gasteiger partial charge in [-0.05, 0) is 58.5 Å². The first-order chi connectivity index (χ1) is 18.0. The van der Waals surface area contributed by atoms with Gasteiger partial charge in [-0.25, -0.2) is 9.97 Å². The summed E-state index contributed by atoms with van der Waals surface area (Å²) in [4.78, 5) is 17.4. The number of hydrogen-bond donors (Lipinski definition) is 0. The van der Waals surface area contributed by atoms with Gasteiger partial charge in [0, 0.05) is 56.1 Å². The van der Waals surface area contributed by atoms with Crippen molar-refractivity contribution in [1.29, 1.82) is 0 Å². The van der Waals surface area contributed by atoms with Gasteiger partial charge < -0.3 is 9.80 Å². The van der Waals surface area contributed by atoms with Crippen molar-refractivity contribution >= 4 is 5.95 Å². The summed E-state index contributed by atoms with van der Waals surface area (Å²) in [5.74, 6) is 7.54. The van der Waals surface area contributed by atoms with E-state index in [0.717, 1.165) is 56.8 Å². The molecule has 0 N–H and O–H groups in total. The van der Waals surface area contributed by atoms with Crippen LogP contribution in [0.5, 0.6) is 0 Å².